The van der Waals surface area contributed by atoms with E-state index < -0.39 is 0 Å². The highest BCUT2D eigenvalue weighted by Crippen LogP contribution is 2.16. The average molecular weight is 480 g/mol. The van der Waals surface area contributed by atoms with Crippen LogP contribution in [0.15, 0.2) is 0 Å². The number of nitrogens with one attached hydrogen (secondary N) is 1. The molecule has 34 heavy (non-hydrogen) atoms. The fraction of sp³-hybridized carbons (Fsp3) is 1.00. The van der Waals surface area contributed by atoms with Crippen molar-refractivity contribution in [1.29, 1.82) is 0 Å². The zero-order chi connectivity index (χ0) is 24.6. The molecule has 0 aromatic carbocycles. The molecule has 0 unspecified atom stereocenters. The Morgan fingerprint density at radius 2 is 0.441 bits per heavy atom. The molecule has 0 aliphatic rings. The van der Waals surface area contributed by atoms with Crippen LogP contribution >= 0.6 is 0 Å². The van der Waals surface area contributed by atoms with Gasteiger partial charge < -0.3 is 5.32 Å². The van der Waals surface area contributed by atoms with Crippen LogP contribution in [0, 0.1) is 0 Å². The lowest BCUT2D eigenvalue weighted by Crippen LogP contribution is -2.06. The third kappa shape index (κ3) is 32.0. The second kappa shape index (κ2) is 33.0. The van der Waals surface area contributed by atoms with Crippen LogP contribution in [0.4, 0.5) is 0 Å². The Morgan fingerprint density at radius 3 is 0.618 bits per heavy atom. The second-order valence-electron chi connectivity index (χ2n) is 11.4. The van der Waals surface area contributed by atoms with Gasteiger partial charge in [0.05, 0.1) is 0 Å². The summed E-state index contributed by atoms with van der Waals surface area (Å²) in [5.41, 5.74) is 0. The van der Waals surface area contributed by atoms with Gasteiger partial charge in [0, 0.05) is 0 Å². The van der Waals surface area contributed by atoms with Crippen molar-refractivity contribution in [2.24, 2.45) is 0 Å². The Labute approximate surface area is 218 Å². The molecule has 0 atom stereocenters. The summed E-state index contributed by atoms with van der Waals surface area (Å²) in [5, 5.41) is 3.24. The highest BCUT2D eigenvalue weighted by Gasteiger charge is 1.96. The van der Waals surface area contributed by atoms with Crippen LogP contribution in [0.25, 0.3) is 0 Å². The lowest BCUT2D eigenvalue weighted by Gasteiger charge is -2.04. The Hall–Kier alpha value is -0.0400. The van der Waals surface area contributed by atoms with Gasteiger partial charge in [-0.05, 0) is 20.0 Å². The SMILES string of the molecule is CCCCCCCCCCCCCCCCCCCCCCCCCCCCCCCCNC. The number of hydrogen-bond acceptors (Lipinski definition) is 1. The third-order valence-electron chi connectivity index (χ3n) is 7.78. The summed E-state index contributed by atoms with van der Waals surface area (Å²) in [6, 6.07) is 0. The van der Waals surface area contributed by atoms with E-state index in [1.807, 2.05) is 0 Å². The van der Waals surface area contributed by atoms with Crippen molar-refractivity contribution in [3.8, 4) is 0 Å². The van der Waals surface area contributed by atoms with E-state index in [1.165, 1.54) is 199 Å². The Bertz CT molecular complexity index is 295. The van der Waals surface area contributed by atoms with Crippen molar-refractivity contribution >= 4 is 0 Å². The van der Waals surface area contributed by atoms with Gasteiger partial charge in [-0.25, -0.2) is 0 Å². The summed E-state index contributed by atoms with van der Waals surface area (Å²) >= 11 is 0. The molecule has 1 heteroatoms. The summed E-state index contributed by atoms with van der Waals surface area (Å²) < 4.78 is 0. The number of rotatable bonds is 31. The standard InChI is InChI=1S/C33H69N/c1-3-4-5-6-7-8-9-10-11-12-13-14-15-16-17-18-19-20-21-22-23-24-25-26-27-28-29-30-31-32-33-34-2/h34H,3-33H2,1-2H3. The minimum Gasteiger partial charge on any atom is -0.320 e. The molecule has 0 bridgehead atoms. The van der Waals surface area contributed by atoms with Crippen LogP contribution in [-0.2, 0) is 0 Å². The van der Waals surface area contributed by atoms with Crippen LogP contribution < -0.4 is 5.32 Å². The van der Waals surface area contributed by atoms with Crippen molar-refractivity contribution in [2.75, 3.05) is 13.6 Å². The maximum Gasteiger partial charge on any atom is -0.00519 e. The van der Waals surface area contributed by atoms with Gasteiger partial charge in [-0.2, -0.15) is 0 Å². The molecule has 0 saturated heterocycles. The van der Waals surface area contributed by atoms with Crippen molar-refractivity contribution in [2.45, 2.75) is 200 Å². The summed E-state index contributed by atoms with van der Waals surface area (Å²) in [4.78, 5) is 0. The summed E-state index contributed by atoms with van der Waals surface area (Å²) in [7, 11) is 2.06. The molecule has 0 spiro atoms. The fourth-order valence-electron chi connectivity index (χ4n) is 5.32. The van der Waals surface area contributed by atoms with E-state index >= 15 is 0 Å². The molecule has 0 amide bonds. The lowest BCUT2D eigenvalue weighted by atomic mass is 10.0. The molecule has 0 heterocycles. The van der Waals surface area contributed by atoms with Crippen LogP contribution in [0.3, 0.4) is 0 Å². The van der Waals surface area contributed by atoms with Crippen LogP contribution in [0.5, 0.6) is 0 Å². The molecule has 206 valence electrons. The monoisotopic (exact) mass is 480 g/mol. The largest absolute Gasteiger partial charge is 0.320 e. The highest BCUT2D eigenvalue weighted by molar-refractivity contribution is 4.52. The highest BCUT2D eigenvalue weighted by atomic mass is 14.8. The van der Waals surface area contributed by atoms with Crippen LogP contribution in [-0.4, -0.2) is 13.6 Å². The molecule has 1 N–H and O–H groups in total. The van der Waals surface area contributed by atoms with Gasteiger partial charge in [-0.3, -0.25) is 0 Å². The van der Waals surface area contributed by atoms with Crippen molar-refractivity contribution in [1.82, 2.24) is 5.32 Å². The first-order chi connectivity index (χ1) is 16.9. The normalized spacial score (nSPS) is 11.5. The third-order valence-corrected chi connectivity index (χ3v) is 7.78. The molecule has 0 aliphatic carbocycles. The van der Waals surface area contributed by atoms with E-state index in [9.17, 15) is 0 Å². The Balaban J connectivity index is 2.99. The molecule has 1 nitrogen and oxygen atoms in total. The molecule has 0 saturated carbocycles. The summed E-state index contributed by atoms with van der Waals surface area (Å²) in [6.45, 7) is 3.50. The summed E-state index contributed by atoms with van der Waals surface area (Å²) in [6.07, 6.45) is 44.2. The Morgan fingerprint density at radius 1 is 0.265 bits per heavy atom. The van der Waals surface area contributed by atoms with Gasteiger partial charge in [0.1, 0.15) is 0 Å². The van der Waals surface area contributed by atoms with Gasteiger partial charge >= 0.3 is 0 Å². The van der Waals surface area contributed by atoms with Crippen molar-refractivity contribution < 1.29 is 0 Å². The smallest absolute Gasteiger partial charge is 0.00519 e. The maximum absolute atomic E-state index is 3.24. The second-order valence-corrected chi connectivity index (χ2v) is 11.4. The summed E-state index contributed by atoms with van der Waals surface area (Å²) in [5.74, 6) is 0. The van der Waals surface area contributed by atoms with E-state index in [4.69, 9.17) is 0 Å². The molecular formula is C33H69N. The van der Waals surface area contributed by atoms with Crippen LogP contribution in [0.1, 0.15) is 200 Å². The van der Waals surface area contributed by atoms with E-state index in [-0.39, 0.29) is 0 Å². The van der Waals surface area contributed by atoms with Crippen molar-refractivity contribution in [3.63, 3.8) is 0 Å². The minimum absolute atomic E-state index is 1.19. The lowest BCUT2D eigenvalue weighted by molar-refractivity contribution is 0.512. The van der Waals surface area contributed by atoms with Gasteiger partial charge in [-0.1, -0.05) is 193 Å². The first-order valence-electron chi connectivity index (χ1n) is 16.6. The quantitative estimate of drug-likeness (QED) is 0.0974. The minimum atomic E-state index is 1.19. The zero-order valence-corrected chi connectivity index (χ0v) is 24.4. The van der Waals surface area contributed by atoms with E-state index in [1.54, 1.807) is 0 Å². The fourth-order valence-corrected chi connectivity index (χ4v) is 5.32. The molecular weight excluding hydrogens is 410 g/mol. The van der Waals surface area contributed by atoms with Crippen molar-refractivity contribution in [3.05, 3.63) is 0 Å². The topological polar surface area (TPSA) is 12.0 Å². The van der Waals surface area contributed by atoms with E-state index in [0.717, 1.165) is 0 Å². The molecule has 0 aromatic heterocycles. The van der Waals surface area contributed by atoms with E-state index in [0.29, 0.717) is 0 Å². The van der Waals surface area contributed by atoms with Gasteiger partial charge in [0.15, 0.2) is 0 Å². The van der Waals surface area contributed by atoms with Gasteiger partial charge in [-0.15, -0.1) is 0 Å². The molecule has 0 fully saturated rings. The van der Waals surface area contributed by atoms with Gasteiger partial charge in [0.2, 0.25) is 0 Å². The zero-order valence-electron chi connectivity index (χ0n) is 24.4. The molecule has 0 rings (SSSR count). The molecule has 0 radical (unpaired) electrons. The molecule has 0 aliphatic heterocycles. The predicted molar refractivity (Wildman–Crippen MR) is 158 cm³/mol. The predicted octanol–water partition coefficient (Wildman–Crippen LogP) is 11.9. The Kier molecular flexibility index (Phi) is 32.9. The molecule has 0 aromatic rings. The first kappa shape index (κ1) is 34.0. The average Bonchev–Trinajstić information content (AvgIpc) is 2.85. The van der Waals surface area contributed by atoms with Gasteiger partial charge in [0.25, 0.3) is 0 Å². The number of unbranched alkanes of at least 4 members (excludes halogenated alkanes) is 29. The first-order valence-corrected chi connectivity index (χ1v) is 16.6. The van der Waals surface area contributed by atoms with E-state index in [2.05, 4.69) is 19.3 Å². The number of hydrogen-bond donors (Lipinski definition) is 1. The maximum atomic E-state index is 3.24. The van der Waals surface area contributed by atoms with Crippen LogP contribution in [0.2, 0.25) is 0 Å².